The molecule has 0 fully saturated rings. The number of nitrogens with zero attached hydrogens (tertiary/aromatic N) is 2. The van der Waals surface area contributed by atoms with Crippen LogP contribution in [0.4, 0.5) is 11.4 Å². The Morgan fingerprint density at radius 3 is 1.97 bits per heavy atom. The van der Waals surface area contributed by atoms with E-state index in [2.05, 4.69) is 10.2 Å². The van der Waals surface area contributed by atoms with Crippen LogP contribution < -0.4 is 0 Å². The molecular weight excluding hydrogens is 444 g/mol. The molecule has 0 unspecified atom stereocenters. The molecule has 31 heavy (non-hydrogen) atoms. The van der Waals surface area contributed by atoms with Crippen molar-refractivity contribution in [3.05, 3.63) is 66.7 Å². The van der Waals surface area contributed by atoms with Crippen molar-refractivity contribution in [2.45, 2.75) is 9.79 Å². The molecule has 0 saturated carbocycles. The molecule has 0 saturated heterocycles. The third kappa shape index (κ3) is 3.99. The van der Waals surface area contributed by atoms with Gasteiger partial charge in [0, 0.05) is 10.8 Å². The molecule has 3 N–H and O–H groups in total. The smallest absolute Gasteiger partial charge is 0.298 e. The molecule has 4 aromatic rings. The van der Waals surface area contributed by atoms with Crippen molar-refractivity contribution in [2.75, 3.05) is 0 Å². The van der Waals surface area contributed by atoms with E-state index in [9.17, 15) is 31.0 Å². The van der Waals surface area contributed by atoms with E-state index >= 15 is 0 Å². The molecule has 158 valence electrons. The lowest BCUT2D eigenvalue weighted by atomic mass is 10.1. The van der Waals surface area contributed by atoms with Crippen molar-refractivity contribution < 1.29 is 31.0 Å². The fourth-order valence-electron chi connectivity index (χ4n) is 3.20. The zero-order valence-electron chi connectivity index (χ0n) is 15.5. The predicted octanol–water partition coefficient (Wildman–Crippen LogP) is 4.61. The standard InChI is InChI=1S/C20H14N2O7S2/c23-20-15-11-19(31(27,28)29)17(10-13(15)8-9-18(20)30(24,25)26)22-21-16-7-3-5-12-4-1-2-6-14(12)16/h1-11,23H,(H,24,25,26)(H,27,28,29). The van der Waals surface area contributed by atoms with Gasteiger partial charge in [-0.3, -0.25) is 9.11 Å². The maximum absolute atomic E-state index is 11.9. The Morgan fingerprint density at radius 2 is 1.26 bits per heavy atom. The molecule has 4 rings (SSSR count). The van der Waals surface area contributed by atoms with Crippen LogP contribution in [-0.4, -0.2) is 31.0 Å². The van der Waals surface area contributed by atoms with Crippen molar-refractivity contribution in [3.63, 3.8) is 0 Å². The fourth-order valence-corrected chi connectivity index (χ4v) is 4.43. The SMILES string of the molecule is O=S(=O)(O)c1cc2c(O)c(S(=O)(=O)O)ccc2cc1N=Nc1cccc2ccccc12. The van der Waals surface area contributed by atoms with Gasteiger partial charge in [-0.05, 0) is 35.0 Å². The van der Waals surface area contributed by atoms with E-state index in [1.165, 1.54) is 12.1 Å². The molecule has 0 aliphatic rings. The van der Waals surface area contributed by atoms with E-state index in [1.54, 1.807) is 12.1 Å². The van der Waals surface area contributed by atoms with Crippen molar-refractivity contribution >= 4 is 53.2 Å². The van der Waals surface area contributed by atoms with E-state index in [4.69, 9.17) is 0 Å². The summed E-state index contributed by atoms with van der Waals surface area (Å²) in [6.07, 6.45) is 0. The highest BCUT2D eigenvalue weighted by Crippen LogP contribution is 2.38. The first kappa shape index (κ1) is 20.9. The minimum absolute atomic E-state index is 0.212. The van der Waals surface area contributed by atoms with Gasteiger partial charge >= 0.3 is 0 Å². The van der Waals surface area contributed by atoms with Gasteiger partial charge < -0.3 is 5.11 Å². The largest absolute Gasteiger partial charge is 0.506 e. The number of aromatic hydroxyl groups is 1. The number of benzene rings is 4. The number of azo groups is 1. The molecule has 4 aromatic carbocycles. The summed E-state index contributed by atoms with van der Waals surface area (Å²) < 4.78 is 65.5. The summed E-state index contributed by atoms with van der Waals surface area (Å²) in [5, 5.41) is 20.0. The van der Waals surface area contributed by atoms with Gasteiger partial charge in [0.05, 0.1) is 5.69 Å². The van der Waals surface area contributed by atoms with E-state index in [-0.39, 0.29) is 16.5 Å². The topological polar surface area (TPSA) is 154 Å². The number of hydrogen-bond acceptors (Lipinski definition) is 7. The highest BCUT2D eigenvalue weighted by molar-refractivity contribution is 7.86. The molecule has 0 spiro atoms. The highest BCUT2D eigenvalue weighted by Gasteiger charge is 2.22. The molecule has 0 bridgehead atoms. The molecule has 0 aliphatic carbocycles. The number of fused-ring (bicyclic) bond motifs is 2. The average molecular weight is 458 g/mol. The molecule has 0 aliphatic heterocycles. The van der Waals surface area contributed by atoms with E-state index in [0.717, 1.165) is 22.9 Å². The second-order valence-electron chi connectivity index (χ2n) is 6.60. The van der Waals surface area contributed by atoms with Crippen LogP contribution in [0.3, 0.4) is 0 Å². The number of hydrogen-bond donors (Lipinski definition) is 3. The van der Waals surface area contributed by atoms with Crippen LogP contribution in [0.2, 0.25) is 0 Å². The first-order valence-corrected chi connectivity index (χ1v) is 11.6. The lowest BCUT2D eigenvalue weighted by Crippen LogP contribution is -2.01. The van der Waals surface area contributed by atoms with Crippen LogP contribution in [0.5, 0.6) is 5.75 Å². The number of phenols is 1. The van der Waals surface area contributed by atoms with Gasteiger partial charge in [-0.2, -0.15) is 16.8 Å². The van der Waals surface area contributed by atoms with Crippen LogP contribution in [-0.2, 0) is 20.2 Å². The zero-order chi connectivity index (χ0) is 22.4. The van der Waals surface area contributed by atoms with Gasteiger partial charge in [0.1, 0.15) is 21.2 Å². The van der Waals surface area contributed by atoms with E-state index < -0.39 is 35.8 Å². The van der Waals surface area contributed by atoms with Gasteiger partial charge in [0.15, 0.2) is 0 Å². The van der Waals surface area contributed by atoms with E-state index in [1.807, 2.05) is 30.3 Å². The molecule has 0 atom stereocenters. The maximum atomic E-state index is 11.9. The molecule has 0 aromatic heterocycles. The third-order valence-electron chi connectivity index (χ3n) is 4.62. The summed E-state index contributed by atoms with van der Waals surface area (Å²) >= 11 is 0. The third-order valence-corrected chi connectivity index (χ3v) is 6.39. The molecular formula is C20H14N2O7S2. The van der Waals surface area contributed by atoms with Gasteiger partial charge in [0.25, 0.3) is 20.2 Å². The monoisotopic (exact) mass is 458 g/mol. The quantitative estimate of drug-likeness (QED) is 0.298. The van der Waals surface area contributed by atoms with Crippen molar-refractivity contribution in [3.8, 4) is 5.75 Å². The fraction of sp³-hybridized carbons (Fsp3) is 0. The van der Waals surface area contributed by atoms with Crippen LogP contribution in [0, 0.1) is 0 Å². The summed E-state index contributed by atoms with van der Waals surface area (Å²) in [6.45, 7) is 0. The first-order chi connectivity index (χ1) is 14.6. The van der Waals surface area contributed by atoms with Gasteiger partial charge in [-0.15, -0.1) is 10.2 Å². The second kappa shape index (κ2) is 7.39. The Kier molecular flexibility index (Phi) is 4.98. The van der Waals surface area contributed by atoms with Crippen LogP contribution in [0.15, 0.2) is 86.7 Å². The Balaban J connectivity index is 1.94. The lowest BCUT2D eigenvalue weighted by Gasteiger charge is -2.09. The molecule has 0 amide bonds. The minimum atomic E-state index is -4.81. The molecule has 0 radical (unpaired) electrons. The van der Waals surface area contributed by atoms with Crippen LogP contribution >= 0.6 is 0 Å². The van der Waals surface area contributed by atoms with Gasteiger partial charge in [-0.25, -0.2) is 0 Å². The van der Waals surface area contributed by atoms with Gasteiger partial charge in [0.2, 0.25) is 0 Å². The minimum Gasteiger partial charge on any atom is -0.506 e. The van der Waals surface area contributed by atoms with Gasteiger partial charge in [-0.1, -0.05) is 42.5 Å². The normalized spacial score (nSPS) is 12.7. The molecule has 9 nitrogen and oxygen atoms in total. The van der Waals surface area contributed by atoms with Crippen molar-refractivity contribution in [1.82, 2.24) is 0 Å². The maximum Gasteiger partial charge on any atom is 0.298 e. The van der Waals surface area contributed by atoms with Crippen LogP contribution in [0.1, 0.15) is 0 Å². The molecule has 0 heterocycles. The summed E-state index contributed by atoms with van der Waals surface area (Å²) in [4.78, 5) is -1.49. The summed E-state index contributed by atoms with van der Waals surface area (Å²) in [5.74, 6) is -0.859. The molecule has 11 heteroatoms. The summed E-state index contributed by atoms with van der Waals surface area (Å²) in [6, 6.07) is 17.0. The number of rotatable bonds is 4. The van der Waals surface area contributed by atoms with E-state index in [0.29, 0.717) is 5.69 Å². The second-order valence-corrected chi connectivity index (χ2v) is 9.38. The van der Waals surface area contributed by atoms with Crippen molar-refractivity contribution in [2.24, 2.45) is 10.2 Å². The Morgan fingerprint density at radius 1 is 0.613 bits per heavy atom. The Bertz CT molecular complexity index is 1590. The summed E-state index contributed by atoms with van der Waals surface area (Å²) in [7, 11) is -9.57. The predicted molar refractivity (Wildman–Crippen MR) is 113 cm³/mol. The Labute approximate surface area is 176 Å². The Hall–Kier alpha value is -3.38. The first-order valence-electron chi connectivity index (χ1n) is 8.70. The average Bonchev–Trinajstić information content (AvgIpc) is 2.70. The lowest BCUT2D eigenvalue weighted by molar-refractivity contribution is 0.448. The van der Waals surface area contributed by atoms with Crippen molar-refractivity contribution in [1.29, 1.82) is 0 Å². The van der Waals surface area contributed by atoms with Crippen LogP contribution in [0.25, 0.3) is 21.5 Å². The highest BCUT2D eigenvalue weighted by atomic mass is 32.2. The zero-order valence-corrected chi connectivity index (χ0v) is 17.2. The number of phenolic OH excluding ortho intramolecular Hbond substituents is 1. The summed E-state index contributed by atoms with van der Waals surface area (Å²) in [5.41, 5.74) is 0.242.